The molecule has 0 fully saturated rings. The molecular weight excluding hydrogens is 174 g/mol. The van der Waals surface area contributed by atoms with Crippen molar-refractivity contribution in [2.45, 2.75) is 0 Å². The predicted molar refractivity (Wildman–Crippen MR) is 39.9 cm³/mol. The first-order chi connectivity index (χ1) is 6.29. The van der Waals surface area contributed by atoms with Crippen LogP contribution in [0, 0.1) is 0 Å². The van der Waals surface area contributed by atoms with Gasteiger partial charge in [0.1, 0.15) is 12.0 Å². The van der Waals surface area contributed by atoms with Crippen LogP contribution in [-0.4, -0.2) is 26.1 Å². The summed E-state index contributed by atoms with van der Waals surface area (Å²) in [5.41, 5.74) is 5.45. The first kappa shape index (κ1) is 7.47. The monoisotopic (exact) mass is 179 g/mol. The summed E-state index contributed by atoms with van der Waals surface area (Å²) in [4.78, 5) is 10.8. The number of hydrogen-bond donors (Lipinski definition) is 1. The Hall–Kier alpha value is -2.18. The summed E-state index contributed by atoms with van der Waals surface area (Å²) in [6, 6.07) is 0. The lowest BCUT2D eigenvalue weighted by Gasteiger charge is -1.93. The maximum Gasteiger partial charge on any atom is 0.273 e. The Bertz CT molecular complexity index is 418. The van der Waals surface area contributed by atoms with Crippen molar-refractivity contribution in [2.24, 2.45) is 5.73 Å². The van der Waals surface area contributed by atoms with Gasteiger partial charge in [0.15, 0.2) is 5.69 Å². The Balaban J connectivity index is 2.52. The van der Waals surface area contributed by atoms with Gasteiger partial charge in [0, 0.05) is 0 Å². The van der Waals surface area contributed by atoms with Gasteiger partial charge in [-0.1, -0.05) is 10.4 Å². The summed E-state index contributed by atoms with van der Waals surface area (Å²) < 4.78 is 5.94. The predicted octanol–water partition coefficient (Wildman–Crippen LogP) is -0.646. The lowest BCUT2D eigenvalue weighted by molar-refractivity contribution is 0.0991. The molecule has 0 aliphatic heterocycles. The summed E-state index contributed by atoms with van der Waals surface area (Å²) in [5.74, 6) is -0.667. The fourth-order valence-corrected chi connectivity index (χ4v) is 0.902. The average Bonchev–Trinajstić information content (AvgIpc) is 2.74. The first-order valence-electron chi connectivity index (χ1n) is 3.40. The fourth-order valence-electron chi connectivity index (χ4n) is 0.902. The Labute approximate surface area is 72.1 Å². The topological polar surface area (TPSA) is 99.8 Å². The van der Waals surface area contributed by atoms with Crippen LogP contribution in [0.25, 0.3) is 5.69 Å². The van der Waals surface area contributed by atoms with Gasteiger partial charge >= 0.3 is 0 Å². The van der Waals surface area contributed by atoms with E-state index in [0.29, 0.717) is 5.69 Å². The normalized spacial score (nSPS) is 10.2. The van der Waals surface area contributed by atoms with Crippen LogP contribution in [-0.2, 0) is 0 Å². The van der Waals surface area contributed by atoms with Crippen LogP contribution in [0.3, 0.4) is 0 Å². The van der Waals surface area contributed by atoms with Gasteiger partial charge in [-0.15, -0.1) is 5.10 Å². The van der Waals surface area contributed by atoms with Crippen molar-refractivity contribution in [3.8, 4) is 5.69 Å². The summed E-state index contributed by atoms with van der Waals surface area (Å²) in [6.45, 7) is 0. The van der Waals surface area contributed by atoms with Gasteiger partial charge in [0.25, 0.3) is 5.91 Å². The molecule has 0 spiro atoms. The number of primary amides is 1. The van der Waals surface area contributed by atoms with E-state index in [-0.39, 0.29) is 5.69 Å². The smallest absolute Gasteiger partial charge is 0.273 e. The minimum absolute atomic E-state index is 0.0329. The van der Waals surface area contributed by atoms with Gasteiger partial charge in [-0.25, -0.2) is 4.68 Å². The van der Waals surface area contributed by atoms with Crippen LogP contribution < -0.4 is 5.73 Å². The van der Waals surface area contributed by atoms with Crippen molar-refractivity contribution >= 4 is 5.91 Å². The van der Waals surface area contributed by atoms with E-state index in [1.165, 1.54) is 17.1 Å². The van der Waals surface area contributed by atoms with Gasteiger partial charge in [-0.2, -0.15) is 0 Å². The third-order valence-electron chi connectivity index (χ3n) is 1.45. The third-order valence-corrected chi connectivity index (χ3v) is 1.45. The van der Waals surface area contributed by atoms with Crippen LogP contribution >= 0.6 is 0 Å². The van der Waals surface area contributed by atoms with E-state index in [0.717, 1.165) is 0 Å². The van der Waals surface area contributed by atoms with Crippen LogP contribution in [0.1, 0.15) is 10.5 Å². The SMILES string of the molecule is NC(=O)c1nocc1-n1ccnn1. The molecular formula is C6H5N5O2. The fraction of sp³-hybridized carbons (Fsp3) is 0. The van der Waals surface area contributed by atoms with Crippen molar-refractivity contribution in [1.82, 2.24) is 20.2 Å². The van der Waals surface area contributed by atoms with E-state index >= 15 is 0 Å². The minimum atomic E-state index is -0.667. The van der Waals surface area contributed by atoms with Gasteiger partial charge in [0.05, 0.1) is 12.4 Å². The zero-order valence-corrected chi connectivity index (χ0v) is 6.41. The molecule has 0 unspecified atom stereocenters. The third kappa shape index (κ3) is 1.15. The molecule has 2 rings (SSSR count). The highest BCUT2D eigenvalue weighted by Crippen LogP contribution is 2.09. The van der Waals surface area contributed by atoms with E-state index in [4.69, 9.17) is 5.73 Å². The number of aromatic nitrogens is 4. The molecule has 0 saturated carbocycles. The van der Waals surface area contributed by atoms with Gasteiger partial charge in [0.2, 0.25) is 0 Å². The number of nitrogens with two attached hydrogens (primary N) is 1. The highest BCUT2D eigenvalue weighted by atomic mass is 16.5. The standard InChI is InChI=1S/C6H5N5O2/c7-6(12)5-4(3-13-9-5)11-2-1-8-10-11/h1-3H,(H2,7,12). The molecule has 0 aliphatic rings. The van der Waals surface area contributed by atoms with E-state index < -0.39 is 5.91 Å². The molecule has 2 aromatic rings. The Morgan fingerprint density at radius 1 is 1.62 bits per heavy atom. The number of carbonyl (C=O) groups is 1. The molecule has 7 nitrogen and oxygen atoms in total. The van der Waals surface area contributed by atoms with E-state index in [1.807, 2.05) is 0 Å². The molecule has 0 aliphatic carbocycles. The Morgan fingerprint density at radius 2 is 2.46 bits per heavy atom. The van der Waals surface area contributed by atoms with Crippen molar-refractivity contribution in [3.05, 3.63) is 24.4 Å². The second-order valence-corrected chi connectivity index (χ2v) is 2.26. The van der Waals surface area contributed by atoms with Gasteiger partial charge < -0.3 is 10.3 Å². The summed E-state index contributed by atoms with van der Waals surface area (Å²) in [6.07, 6.45) is 4.30. The van der Waals surface area contributed by atoms with E-state index in [2.05, 4.69) is 20.0 Å². The zero-order chi connectivity index (χ0) is 9.26. The first-order valence-corrected chi connectivity index (χ1v) is 3.40. The molecule has 0 aromatic carbocycles. The largest absolute Gasteiger partial charge is 0.364 e. The molecule has 1 amide bonds. The lowest BCUT2D eigenvalue weighted by atomic mass is 10.3. The number of carbonyl (C=O) groups excluding carboxylic acids is 1. The summed E-state index contributed by atoms with van der Waals surface area (Å²) >= 11 is 0. The summed E-state index contributed by atoms with van der Waals surface area (Å²) in [5, 5.41) is 10.7. The highest BCUT2D eigenvalue weighted by molar-refractivity contribution is 5.94. The van der Waals surface area contributed by atoms with Crippen LogP contribution in [0.5, 0.6) is 0 Å². The van der Waals surface area contributed by atoms with Crippen molar-refractivity contribution in [1.29, 1.82) is 0 Å². The Kier molecular flexibility index (Phi) is 1.55. The van der Waals surface area contributed by atoms with Crippen molar-refractivity contribution < 1.29 is 9.32 Å². The second kappa shape index (κ2) is 2.70. The highest BCUT2D eigenvalue weighted by Gasteiger charge is 2.14. The van der Waals surface area contributed by atoms with Crippen molar-refractivity contribution in [3.63, 3.8) is 0 Å². The Morgan fingerprint density at radius 3 is 3.08 bits per heavy atom. The molecule has 66 valence electrons. The number of rotatable bonds is 2. The molecule has 2 heterocycles. The molecule has 0 radical (unpaired) electrons. The van der Waals surface area contributed by atoms with Crippen molar-refractivity contribution in [2.75, 3.05) is 0 Å². The maximum absolute atomic E-state index is 10.8. The molecule has 13 heavy (non-hydrogen) atoms. The van der Waals surface area contributed by atoms with E-state index in [1.54, 1.807) is 6.20 Å². The maximum atomic E-state index is 10.8. The van der Waals surface area contributed by atoms with E-state index in [9.17, 15) is 4.79 Å². The molecule has 0 atom stereocenters. The quantitative estimate of drug-likeness (QED) is 0.660. The second-order valence-electron chi connectivity index (χ2n) is 2.26. The molecule has 2 N–H and O–H groups in total. The average molecular weight is 179 g/mol. The molecule has 2 aromatic heterocycles. The van der Waals surface area contributed by atoms with Crippen LogP contribution in [0.15, 0.2) is 23.2 Å². The molecule has 7 heteroatoms. The van der Waals surface area contributed by atoms with Crippen LogP contribution in [0.2, 0.25) is 0 Å². The lowest BCUT2D eigenvalue weighted by Crippen LogP contribution is -2.14. The van der Waals surface area contributed by atoms with Gasteiger partial charge in [-0.3, -0.25) is 4.79 Å². The number of amides is 1. The van der Waals surface area contributed by atoms with Crippen LogP contribution in [0.4, 0.5) is 0 Å². The molecule has 0 saturated heterocycles. The number of hydrogen-bond acceptors (Lipinski definition) is 5. The number of nitrogens with zero attached hydrogens (tertiary/aromatic N) is 4. The minimum Gasteiger partial charge on any atom is -0.364 e. The molecule has 0 bridgehead atoms. The van der Waals surface area contributed by atoms with Gasteiger partial charge in [-0.05, 0) is 0 Å². The zero-order valence-electron chi connectivity index (χ0n) is 6.41. The summed E-state index contributed by atoms with van der Waals surface area (Å²) in [7, 11) is 0.